The standard InChI is InChI=1S/C28H28O5/c29-27(19-10-22-8-4-3-5-9-22)33-21-7-2-1-6-20-32-26-17-15-24(16-18-26)23-11-13-25(14-12-23)28(30)31/h3-5,8-19H,1-2,6-7,20-21H2,(H,30,31)/b19-10+. The molecule has 0 amide bonds. The Labute approximate surface area is 194 Å². The number of carboxylic acid groups (broad SMARTS) is 1. The summed E-state index contributed by atoms with van der Waals surface area (Å²) in [5.74, 6) is -0.439. The Bertz CT molecular complexity index is 1040. The molecule has 33 heavy (non-hydrogen) atoms. The molecule has 0 unspecified atom stereocenters. The Morgan fingerprint density at radius 3 is 1.97 bits per heavy atom. The van der Waals surface area contributed by atoms with Crippen molar-refractivity contribution in [2.75, 3.05) is 13.2 Å². The fourth-order valence-electron chi connectivity index (χ4n) is 3.25. The van der Waals surface area contributed by atoms with Crippen LogP contribution in [0.4, 0.5) is 0 Å². The summed E-state index contributed by atoms with van der Waals surface area (Å²) in [7, 11) is 0. The third-order valence-electron chi connectivity index (χ3n) is 5.08. The maximum absolute atomic E-state index is 11.7. The summed E-state index contributed by atoms with van der Waals surface area (Å²) in [5.41, 5.74) is 3.21. The molecular formula is C28H28O5. The van der Waals surface area contributed by atoms with Crippen molar-refractivity contribution in [3.63, 3.8) is 0 Å². The van der Waals surface area contributed by atoms with Gasteiger partial charge in [0, 0.05) is 6.08 Å². The number of benzene rings is 3. The number of unbranched alkanes of at least 4 members (excludes halogenated alkanes) is 3. The van der Waals surface area contributed by atoms with Crippen LogP contribution < -0.4 is 4.74 Å². The average Bonchev–Trinajstić information content (AvgIpc) is 2.85. The van der Waals surface area contributed by atoms with Crippen molar-refractivity contribution in [1.29, 1.82) is 0 Å². The van der Waals surface area contributed by atoms with E-state index in [2.05, 4.69) is 0 Å². The van der Waals surface area contributed by atoms with Crippen LogP contribution in [0.5, 0.6) is 5.75 Å². The van der Waals surface area contributed by atoms with Gasteiger partial charge in [0.2, 0.25) is 0 Å². The van der Waals surface area contributed by atoms with E-state index in [1.165, 1.54) is 6.08 Å². The topological polar surface area (TPSA) is 72.8 Å². The zero-order valence-electron chi connectivity index (χ0n) is 18.5. The third-order valence-corrected chi connectivity index (χ3v) is 5.08. The number of carbonyl (C=O) groups excluding carboxylic acids is 1. The molecule has 0 fully saturated rings. The van der Waals surface area contributed by atoms with Crippen molar-refractivity contribution in [2.45, 2.75) is 25.7 Å². The first kappa shape index (κ1) is 23.8. The molecule has 0 saturated heterocycles. The Morgan fingerprint density at radius 1 is 0.727 bits per heavy atom. The first-order valence-electron chi connectivity index (χ1n) is 11.1. The van der Waals surface area contributed by atoms with Crippen molar-refractivity contribution in [3.8, 4) is 16.9 Å². The van der Waals surface area contributed by atoms with Gasteiger partial charge in [-0.1, -0.05) is 54.6 Å². The Morgan fingerprint density at radius 2 is 1.33 bits per heavy atom. The molecule has 3 aromatic carbocycles. The first-order valence-corrected chi connectivity index (χ1v) is 11.1. The molecule has 0 radical (unpaired) electrons. The minimum atomic E-state index is -0.928. The molecule has 0 aliphatic heterocycles. The lowest BCUT2D eigenvalue weighted by Crippen LogP contribution is -2.02. The lowest BCUT2D eigenvalue weighted by atomic mass is 10.0. The maximum atomic E-state index is 11.7. The van der Waals surface area contributed by atoms with Crippen LogP contribution >= 0.6 is 0 Å². The summed E-state index contributed by atoms with van der Waals surface area (Å²) in [6.07, 6.45) is 6.96. The summed E-state index contributed by atoms with van der Waals surface area (Å²) in [6, 6.07) is 24.2. The number of hydrogen-bond acceptors (Lipinski definition) is 4. The van der Waals surface area contributed by atoms with Gasteiger partial charge in [0.1, 0.15) is 5.75 Å². The molecule has 0 bridgehead atoms. The molecule has 1 N–H and O–H groups in total. The number of rotatable bonds is 12. The quantitative estimate of drug-likeness (QED) is 0.203. The third kappa shape index (κ3) is 8.30. The fourth-order valence-corrected chi connectivity index (χ4v) is 3.25. The van der Waals surface area contributed by atoms with Gasteiger partial charge in [0.15, 0.2) is 0 Å². The molecule has 5 heteroatoms. The van der Waals surface area contributed by atoms with Gasteiger partial charge in [0.05, 0.1) is 18.8 Å². The number of esters is 1. The first-order chi connectivity index (χ1) is 16.1. The summed E-state index contributed by atoms with van der Waals surface area (Å²) >= 11 is 0. The summed E-state index contributed by atoms with van der Waals surface area (Å²) < 4.78 is 11.0. The van der Waals surface area contributed by atoms with E-state index < -0.39 is 5.97 Å². The molecule has 0 atom stereocenters. The van der Waals surface area contributed by atoms with Crippen molar-refractivity contribution >= 4 is 18.0 Å². The van der Waals surface area contributed by atoms with Crippen LogP contribution in [-0.2, 0) is 9.53 Å². The van der Waals surface area contributed by atoms with E-state index in [-0.39, 0.29) is 11.5 Å². The van der Waals surface area contributed by atoms with Crippen molar-refractivity contribution < 1.29 is 24.2 Å². The zero-order chi connectivity index (χ0) is 23.3. The largest absolute Gasteiger partial charge is 0.494 e. The Hall–Kier alpha value is -3.86. The SMILES string of the molecule is O=C(/C=C/c1ccccc1)OCCCCCCOc1ccc(-c2ccc(C(=O)O)cc2)cc1. The van der Waals surface area contributed by atoms with Gasteiger partial charge in [-0.25, -0.2) is 9.59 Å². The fraction of sp³-hybridized carbons (Fsp3) is 0.214. The molecule has 170 valence electrons. The second kappa shape index (κ2) is 12.9. The van der Waals surface area contributed by atoms with Gasteiger partial charge in [-0.2, -0.15) is 0 Å². The molecule has 0 spiro atoms. The predicted molar refractivity (Wildman–Crippen MR) is 129 cm³/mol. The molecule has 3 aromatic rings. The highest BCUT2D eigenvalue weighted by atomic mass is 16.5. The highest BCUT2D eigenvalue weighted by molar-refractivity contribution is 5.88. The van der Waals surface area contributed by atoms with Gasteiger partial charge in [0.25, 0.3) is 0 Å². The van der Waals surface area contributed by atoms with Gasteiger partial charge < -0.3 is 14.6 Å². The average molecular weight is 445 g/mol. The van der Waals surface area contributed by atoms with E-state index in [4.69, 9.17) is 14.6 Å². The van der Waals surface area contributed by atoms with Crippen molar-refractivity contribution in [1.82, 2.24) is 0 Å². The van der Waals surface area contributed by atoms with Crippen LogP contribution in [0.3, 0.4) is 0 Å². The molecule has 0 saturated carbocycles. The van der Waals surface area contributed by atoms with Gasteiger partial charge >= 0.3 is 11.9 Å². The molecule has 0 aliphatic carbocycles. The maximum Gasteiger partial charge on any atom is 0.335 e. The van der Waals surface area contributed by atoms with E-state index >= 15 is 0 Å². The summed E-state index contributed by atoms with van der Waals surface area (Å²) in [4.78, 5) is 22.7. The van der Waals surface area contributed by atoms with Crippen LogP contribution in [0, 0.1) is 0 Å². The zero-order valence-corrected chi connectivity index (χ0v) is 18.5. The Kier molecular flexibility index (Phi) is 9.28. The summed E-state index contributed by atoms with van der Waals surface area (Å²) in [5, 5.41) is 8.98. The lowest BCUT2D eigenvalue weighted by molar-refractivity contribution is -0.137. The Balaban J connectivity index is 1.26. The van der Waals surface area contributed by atoms with Gasteiger partial charge in [-0.05, 0) is 72.7 Å². The van der Waals surface area contributed by atoms with Crippen molar-refractivity contribution in [3.05, 3.63) is 96.1 Å². The van der Waals surface area contributed by atoms with Crippen LogP contribution in [0.15, 0.2) is 84.9 Å². The highest BCUT2D eigenvalue weighted by Crippen LogP contribution is 2.23. The smallest absolute Gasteiger partial charge is 0.335 e. The number of aromatic carboxylic acids is 1. The van der Waals surface area contributed by atoms with Crippen LogP contribution in [0.25, 0.3) is 17.2 Å². The normalized spacial score (nSPS) is 10.8. The van der Waals surface area contributed by atoms with Gasteiger partial charge in [-0.3, -0.25) is 0 Å². The van der Waals surface area contributed by atoms with Crippen LogP contribution in [-0.4, -0.2) is 30.3 Å². The predicted octanol–water partition coefficient (Wildman–Crippen LogP) is 6.25. The molecule has 0 aromatic heterocycles. The molecular weight excluding hydrogens is 416 g/mol. The second-order valence-electron chi connectivity index (χ2n) is 7.58. The van der Waals surface area contributed by atoms with Crippen LogP contribution in [0.1, 0.15) is 41.6 Å². The molecule has 0 heterocycles. The van der Waals surface area contributed by atoms with E-state index in [9.17, 15) is 9.59 Å². The highest BCUT2D eigenvalue weighted by Gasteiger charge is 2.04. The number of carboxylic acids is 1. The van der Waals surface area contributed by atoms with E-state index in [1.54, 1.807) is 30.3 Å². The molecule has 0 aliphatic rings. The number of carbonyl (C=O) groups is 2. The second-order valence-corrected chi connectivity index (χ2v) is 7.58. The molecule has 3 rings (SSSR count). The van der Waals surface area contributed by atoms with Crippen LogP contribution in [0.2, 0.25) is 0 Å². The monoisotopic (exact) mass is 444 g/mol. The van der Waals surface area contributed by atoms with Gasteiger partial charge in [-0.15, -0.1) is 0 Å². The summed E-state index contributed by atoms with van der Waals surface area (Å²) in [6.45, 7) is 1.06. The van der Waals surface area contributed by atoms with Crippen molar-refractivity contribution in [2.24, 2.45) is 0 Å². The van der Waals surface area contributed by atoms with E-state index in [1.807, 2.05) is 54.6 Å². The van der Waals surface area contributed by atoms with E-state index in [0.29, 0.717) is 13.2 Å². The number of ether oxygens (including phenoxy) is 2. The molecule has 5 nitrogen and oxygen atoms in total. The number of hydrogen-bond donors (Lipinski definition) is 1. The minimum Gasteiger partial charge on any atom is -0.494 e. The lowest BCUT2D eigenvalue weighted by Gasteiger charge is -2.08. The van der Waals surface area contributed by atoms with E-state index in [0.717, 1.165) is 48.1 Å². The minimum absolute atomic E-state index is 0.275.